The second-order valence-corrected chi connectivity index (χ2v) is 3.50. The Hall–Kier alpha value is -0.770. The Kier molecular flexibility index (Phi) is 4.60. The summed E-state index contributed by atoms with van der Waals surface area (Å²) in [7, 11) is 0. The van der Waals surface area contributed by atoms with E-state index in [1.54, 1.807) is 0 Å². The minimum atomic E-state index is 0.594. The topological polar surface area (TPSA) is 62.4 Å². The molecule has 1 aliphatic rings. The number of nitrogens with zero attached hydrogens (tertiary/aromatic N) is 1. The molecule has 0 atom stereocenters. The van der Waals surface area contributed by atoms with Crippen LogP contribution in [-0.4, -0.2) is 18.5 Å². The predicted molar refractivity (Wildman–Crippen MR) is 55.3 cm³/mol. The molecule has 1 saturated carbocycles. The van der Waals surface area contributed by atoms with Crippen LogP contribution in [0.25, 0.3) is 0 Å². The Balaban J connectivity index is 2.19. The van der Waals surface area contributed by atoms with Gasteiger partial charge in [-0.2, -0.15) is 0 Å². The van der Waals surface area contributed by atoms with Crippen molar-refractivity contribution in [1.82, 2.24) is 10.7 Å². The summed E-state index contributed by atoms with van der Waals surface area (Å²) in [5.74, 6) is 6.09. The summed E-state index contributed by atoms with van der Waals surface area (Å²) in [6.45, 7) is 3.01. The number of nitrogens with two attached hydrogens (primary N) is 1. The van der Waals surface area contributed by atoms with E-state index in [0.717, 1.165) is 18.9 Å². The van der Waals surface area contributed by atoms with E-state index in [-0.39, 0.29) is 0 Å². The van der Waals surface area contributed by atoms with Gasteiger partial charge in [-0.25, -0.2) is 5.84 Å². The number of hydrogen-bond acceptors (Lipinski definition) is 2. The highest BCUT2D eigenvalue weighted by molar-refractivity contribution is 5.79. The number of rotatable bonds is 4. The summed E-state index contributed by atoms with van der Waals surface area (Å²) in [6, 6.07) is 0.594. The van der Waals surface area contributed by atoms with Crippen molar-refractivity contribution in [3.63, 3.8) is 0 Å². The quantitative estimate of drug-likeness (QED) is 0.199. The molecule has 0 bridgehead atoms. The SMILES string of the molecule is CCCCN=C(NN)NC1CCC1. The fraction of sp³-hybridized carbons (Fsp3) is 0.889. The van der Waals surface area contributed by atoms with Gasteiger partial charge in [0.25, 0.3) is 0 Å². The molecule has 13 heavy (non-hydrogen) atoms. The molecule has 0 saturated heterocycles. The van der Waals surface area contributed by atoms with E-state index in [0.29, 0.717) is 6.04 Å². The van der Waals surface area contributed by atoms with Crippen molar-refractivity contribution in [2.75, 3.05) is 6.54 Å². The molecule has 0 spiro atoms. The van der Waals surface area contributed by atoms with E-state index in [1.807, 2.05) is 0 Å². The van der Waals surface area contributed by atoms with E-state index in [9.17, 15) is 0 Å². The number of aliphatic imine (C=N–C) groups is 1. The lowest BCUT2D eigenvalue weighted by molar-refractivity contribution is 0.379. The number of hydrazine groups is 1. The maximum Gasteiger partial charge on any atom is 0.205 e. The first kappa shape index (κ1) is 10.3. The van der Waals surface area contributed by atoms with Crippen molar-refractivity contribution < 1.29 is 0 Å². The van der Waals surface area contributed by atoms with Gasteiger partial charge in [0.05, 0.1) is 0 Å². The zero-order chi connectivity index (χ0) is 9.52. The minimum absolute atomic E-state index is 0.594. The second kappa shape index (κ2) is 5.80. The summed E-state index contributed by atoms with van der Waals surface area (Å²) in [6.07, 6.45) is 6.11. The monoisotopic (exact) mass is 184 g/mol. The van der Waals surface area contributed by atoms with E-state index in [1.165, 1.54) is 25.7 Å². The fourth-order valence-corrected chi connectivity index (χ4v) is 1.23. The lowest BCUT2D eigenvalue weighted by atomic mass is 9.93. The molecule has 0 heterocycles. The molecule has 0 amide bonds. The van der Waals surface area contributed by atoms with Crippen LogP contribution in [0.15, 0.2) is 4.99 Å². The molecule has 1 aliphatic carbocycles. The molecule has 4 nitrogen and oxygen atoms in total. The Morgan fingerprint density at radius 2 is 2.31 bits per heavy atom. The van der Waals surface area contributed by atoms with Gasteiger partial charge in [-0.3, -0.25) is 10.4 Å². The number of nitrogens with one attached hydrogen (secondary N) is 2. The standard InChI is InChI=1S/C9H20N4/c1-2-3-7-11-9(13-10)12-8-5-4-6-8/h8H,2-7,10H2,1H3,(H2,11,12,13). The highest BCUT2D eigenvalue weighted by atomic mass is 15.3. The maximum atomic E-state index is 5.34. The summed E-state index contributed by atoms with van der Waals surface area (Å²) < 4.78 is 0. The summed E-state index contributed by atoms with van der Waals surface area (Å²) >= 11 is 0. The molecule has 4 heteroatoms. The maximum absolute atomic E-state index is 5.34. The van der Waals surface area contributed by atoms with Crippen molar-refractivity contribution in [2.45, 2.75) is 45.1 Å². The van der Waals surface area contributed by atoms with Gasteiger partial charge >= 0.3 is 0 Å². The normalized spacial score (nSPS) is 18.2. The largest absolute Gasteiger partial charge is 0.353 e. The number of unbranched alkanes of at least 4 members (excludes halogenated alkanes) is 1. The van der Waals surface area contributed by atoms with Crippen LogP contribution in [-0.2, 0) is 0 Å². The summed E-state index contributed by atoms with van der Waals surface area (Å²) in [4.78, 5) is 4.32. The predicted octanol–water partition coefficient (Wildman–Crippen LogP) is 0.748. The van der Waals surface area contributed by atoms with Gasteiger partial charge in [-0.15, -0.1) is 0 Å². The first-order valence-electron chi connectivity index (χ1n) is 5.14. The van der Waals surface area contributed by atoms with Crippen molar-refractivity contribution in [2.24, 2.45) is 10.8 Å². The zero-order valence-electron chi connectivity index (χ0n) is 8.34. The van der Waals surface area contributed by atoms with Crippen LogP contribution >= 0.6 is 0 Å². The fourth-order valence-electron chi connectivity index (χ4n) is 1.23. The lowest BCUT2D eigenvalue weighted by Gasteiger charge is -2.27. The van der Waals surface area contributed by atoms with Gasteiger partial charge in [0.2, 0.25) is 5.96 Å². The molecule has 0 aromatic heterocycles. The van der Waals surface area contributed by atoms with Crippen LogP contribution in [0, 0.1) is 0 Å². The third kappa shape index (κ3) is 3.63. The minimum Gasteiger partial charge on any atom is -0.353 e. The Labute approximate surface area is 80.0 Å². The molecular formula is C9H20N4. The highest BCUT2D eigenvalue weighted by Crippen LogP contribution is 2.17. The number of guanidine groups is 1. The lowest BCUT2D eigenvalue weighted by Crippen LogP contribution is -2.48. The zero-order valence-corrected chi connectivity index (χ0v) is 8.34. The van der Waals surface area contributed by atoms with Crippen molar-refractivity contribution in [3.8, 4) is 0 Å². The molecule has 0 aliphatic heterocycles. The van der Waals surface area contributed by atoms with Crippen molar-refractivity contribution in [1.29, 1.82) is 0 Å². The van der Waals surface area contributed by atoms with Crippen LogP contribution in [0.2, 0.25) is 0 Å². The average molecular weight is 184 g/mol. The first-order chi connectivity index (χ1) is 6.36. The Morgan fingerprint density at radius 3 is 2.77 bits per heavy atom. The molecule has 0 unspecified atom stereocenters. The third-order valence-electron chi connectivity index (χ3n) is 2.36. The van der Waals surface area contributed by atoms with Gasteiger partial charge in [-0.1, -0.05) is 13.3 Å². The Morgan fingerprint density at radius 1 is 1.54 bits per heavy atom. The number of hydrogen-bond donors (Lipinski definition) is 3. The van der Waals surface area contributed by atoms with E-state index < -0.39 is 0 Å². The first-order valence-corrected chi connectivity index (χ1v) is 5.14. The van der Waals surface area contributed by atoms with Gasteiger partial charge in [0.15, 0.2) is 0 Å². The van der Waals surface area contributed by atoms with Gasteiger partial charge < -0.3 is 5.32 Å². The van der Waals surface area contributed by atoms with Crippen LogP contribution in [0.5, 0.6) is 0 Å². The van der Waals surface area contributed by atoms with E-state index in [4.69, 9.17) is 5.84 Å². The van der Waals surface area contributed by atoms with E-state index >= 15 is 0 Å². The van der Waals surface area contributed by atoms with Crippen LogP contribution in [0.3, 0.4) is 0 Å². The molecule has 76 valence electrons. The smallest absolute Gasteiger partial charge is 0.205 e. The molecule has 0 radical (unpaired) electrons. The van der Waals surface area contributed by atoms with Gasteiger partial charge in [0, 0.05) is 12.6 Å². The molecule has 0 aromatic carbocycles. The van der Waals surface area contributed by atoms with E-state index in [2.05, 4.69) is 22.7 Å². The highest BCUT2D eigenvalue weighted by Gasteiger charge is 2.17. The van der Waals surface area contributed by atoms with Crippen molar-refractivity contribution in [3.05, 3.63) is 0 Å². The molecule has 0 aromatic rings. The van der Waals surface area contributed by atoms with Gasteiger partial charge in [-0.05, 0) is 25.7 Å². The third-order valence-corrected chi connectivity index (χ3v) is 2.36. The molecule has 1 rings (SSSR count). The Bertz CT molecular complexity index is 163. The van der Waals surface area contributed by atoms with Crippen LogP contribution in [0.1, 0.15) is 39.0 Å². The van der Waals surface area contributed by atoms with Gasteiger partial charge in [0.1, 0.15) is 0 Å². The van der Waals surface area contributed by atoms with Crippen LogP contribution < -0.4 is 16.6 Å². The summed E-state index contributed by atoms with van der Waals surface area (Å²) in [5.41, 5.74) is 2.60. The summed E-state index contributed by atoms with van der Waals surface area (Å²) in [5, 5.41) is 3.28. The van der Waals surface area contributed by atoms with Crippen molar-refractivity contribution >= 4 is 5.96 Å². The molecule has 1 fully saturated rings. The molecule has 4 N–H and O–H groups in total. The molecular weight excluding hydrogens is 164 g/mol. The van der Waals surface area contributed by atoms with Crippen LogP contribution in [0.4, 0.5) is 0 Å². The average Bonchev–Trinajstić information content (AvgIpc) is 2.08. The second-order valence-electron chi connectivity index (χ2n) is 3.50.